The summed E-state index contributed by atoms with van der Waals surface area (Å²) in [6.07, 6.45) is 1.48. The van der Waals surface area contributed by atoms with Crippen LogP contribution in [0.4, 0.5) is 15.8 Å². The molecule has 2 rings (SSSR count). The molecule has 1 aromatic carbocycles. The van der Waals surface area contributed by atoms with Crippen molar-refractivity contribution in [2.24, 2.45) is 5.73 Å². The van der Waals surface area contributed by atoms with Gasteiger partial charge in [-0.05, 0) is 30.3 Å². The zero-order valence-electron chi connectivity index (χ0n) is 11.0. The Morgan fingerprint density at radius 1 is 1.24 bits per heavy atom. The average Bonchev–Trinajstić information content (AvgIpc) is 2.43. The molecule has 6 nitrogen and oxygen atoms in total. The number of carbonyl (C=O) groups excluding carboxylic acids is 2. The van der Waals surface area contributed by atoms with Crippen molar-refractivity contribution in [3.63, 3.8) is 0 Å². The van der Waals surface area contributed by atoms with E-state index in [0.29, 0.717) is 11.4 Å². The van der Waals surface area contributed by atoms with Gasteiger partial charge >= 0.3 is 0 Å². The Kier molecular flexibility index (Phi) is 4.13. The fourth-order valence-electron chi connectivity index (χ4n) is 1.70. The van der Waals surface area contributed by atoms with Crippen LogP contribution < -0.4 is 16.8 Å². The molecular formula is C14H13FN4O2. The molecule has 0 aliphatic carbocycles. The highest BCUT2D eigenvalue weighted by molar-refractivity contribution is 5.96. The second-order valence-electron chi connectivity index (χ2n) is 4.37. The molecule has 108 valence electrons. The monoisotopic (exact) mass is 288 g/mol. The van der Waals surface area contributed by atoms with Crippen LogP contribution in [0.5, 0.6) is 0 Å². The second kappa shape index (κ2) is 6.00. The maximum atomic E-state index is 13.3. The molecule has 5 N–H and O–H groups in total. The quantitative estimate of drug-likeness (QED) is 0.781. The number of hydrogen-bond acceptors (Lipinski definition) is 4. The lowest BCUT2D eigenvalue weighted by Crippen LogP contribution is -2.17. The number of pyridine rings is 1. The van der Waals surface area contributed by atoms with Crippen molar-refractivity contribution in [2.45, 2.75) is 6.42 Å². The third-order valence-electron chi connectivity index (χ3n) is 2.70. The van der Waals surface area contributed by atoms with E-state index in [1.54, 1.807) is 12.1 Å². The van der Waals surface area contributed by atoms with Crippen LogP contribution in [0, 0.1) is 5.82 Å². The molecule has 0 atom stereocenters. The van der Waals surface area contributed by atoms with Gasteiger partial charge in [0.1, 0.15) is 5.82 Å². The Labute approximate surface area is 120 Å². The molecule has 0 radical (unpaired) electrons. The van der Waals surface area contributed by atoms with Crippen LogP contribution in [-0.2, 0) is 11.2 Å². The minimum atomic E-state index is -0.899. The largest absolute Gasteiger partial charge is 0.397 e. The van der Waals surface area contributed by atoms with Crippen molar-refractivity contribution in [3.8, 4) is 0 Å². The summed E-state index contributed by atoms with van der Waals surface area (Å²) in [5, 5.41) is 2.54. The molecule has 0 saturated heterocycles. The van der Waals surface area contributed by atoms with Crippen molar-refractivity contribution in [2.75, 3.05) is 11.1 Å². The van der Waals surface area contributed by atoms with Gasteiger partial charge in [0, 0.05) is 11.4 Å². The number of nitrogens with zero attached hydrogens (tertiary/aromatic N) is 1. The first-order valence-electron chi connectivity index (χ1n) is 6.05. The standard InChI is InChI=1S/C14H13FN4O2/c15-12-4-3-10(5-11(12)14(17)21)19-13(20)6-9-2-1-8(16)7-18-9/h1-5,7H,6,16H2,(H2,17,21)(H,19,20). The van der Waals surface area contributed by atoms with E-state index >= 15 is 0 Å². The van der Waals surface area contributed by atoms with E-state index in [1.807, 2.05) is 0 Å². The van der Waals surface area contributed by atoms with Crippen LogP contribution in [0.3, 0.4) is 0 Å². The van der Waals surface area contributed by atoms with Crippen LogP contribution in [0.15, 0.2) is 36.5 Å². The number of carbonyl (C=O) groups is 2. The zero-order chi connectivity index (χ0) is 15.4. The van der Waals surface area contributed by atoms with Gasteiger partial charge in [0.05, 0.1) is 23.9 Å². The van der Waals surface area contributed by atoms with E-state index in [9.17, 15) is 14.0 Å². The Balaban J connectivity index is 2.07. The first kappa shape index (κ1) is 14.4. The SMILES string of the molecule is NC(=O)c1cc(NC(=O)Cc2ccc(N)cn2)ccc1F. The normalized spacial score (nSPS) is 10.1. The number of halogens is 1. The van der Waals surface area contributed by atoms with Gasteiger partial charge in [-0.15, -0.1) is 0 Å². The number of primary amides is 1. The number of nitrogens with one attached hydrogen (secondary N) is 1. The Hall–Kier alpha value is -2.96. The predicted octanol–water partition coefficient (Wildman–Crippen LogP) is 1.08. The molecule has 0 unspecified atom stereocenters. The number of nitrogen functional groups attached to an aromatic ring is 1. The summed E-state index contributed by atoms with van der Waals surface area (Å²) in [5.41, 5.74) is 11.6. The maximum absolute atomic E-state index is 13.3. The lowest BCUT2D eigenvalue weighted by Gasteiger charge is -2.07. The Bertz CT molecular complexity index is 686. The van der Waals surface area contributed by atoms with Crippen molar-refractivity contribution in [1.29, 1.82) is 0 Å². The Morgan fingerprint density at radius 2 is 2.00 bits per heavy atom. The number of benzene rings is 1. The number of nitrogens with two attached hydrogens (primary N) is 2. The van der Waals surface area contributed by atoms with Gasteiger partial charge in [0.25, 0.3) is 5.91 Å². The summed E-state index contributed by atoms with van der Waals surface area (Å²) in [5.74, 6) is -1.99. The molecular weight excluding hydrogens is 275 g/mol. The molecule has 7 heteroatoms. The van der Waals surface area contributed by atoms with Crippen LogP contribution in [0.25, 0.3) is 0 Å². The maximum Gasteiger partial charge on any atom is 0.251 e. The van der Waals surface area contributed by atoms with Gasteiger partial charge in [-0.1, -0.05) is 0 Å². The van der Waals surface area contributed by atoms with E-state index in [1.165, 1.54) is 18.3 Å². The summed E-state index contributed by atoms with van der Waals surface area (Å²) in [6.45, 7) is 0. The van der Waals surface area contributed by atoms with Crippen LogP contribution >= 0.6 is 0 Å². The van der Waals surface area contributed by atoms with E-state index in [4.69, 9.17) is 11.5 Å². The molecule has 0 aliphatic heterocycles. The summed E-state index contributed by atoms with van der Waals surface area (Å²) < 4.78 is 13.3. The van der Waals surface area contributed by atoms with E-state index in [-0.39, 0.29) is 23.6 Å². The Morgan fingerprint density at radius 3 is 2.62 bits per heavy atom. The summed E-state index contributed by atoms with van der Waals surface area (Å²) in [7, 11) is 0. The number of aromatic nitrogens is 1. The zero-order valence-corrected chi connectivity index (χ0v) is 11.0. The van der Waals surface area contributed by atoms with Crippen LogP contribution in [-0.4, -0.2) is 16.8 Å². The molecule has 0 spiro atoms. The summed E-state index contributed by atoms with van der Waals surface area (Å²) >= 11 is 0. The number of amides is 2. The van der Waals surface area contributed by atoms with Gasteiger partial charge in [-0.3, -0.25) is 14.6 Å². The van der Waals surface area contributed by atoms with Crippen molar-refractivity contribution in [1.82, 2.24) is 4.98 Å². The molecule has 0 fully saturated rings. The summed E-state index contributed by atoms with van der Waals surface area (Å²) in [6, 6.07) is 6.87. The first-order valence-corrected chi connectivity index (χ1v) is 6.05. The van der Waals surface area contributed by atoms with Gasteiger partial charge in [-0.2, -0.15) is 0 Å². The van der Waals surface area contributed by atoms with Gasteiger partial charge < -0.3 is 16.8 Å². The average molecular weight is 288 g/mol. The van der Waals surface area contributed by atoms with Crippen molar-refractivity contribution >= 4 is 23.2 Å². The molecule has 1 heterocycles. The van der Waals surface area contributed by atoms with Crippen molar-refractivity contribution < 1.29 is 14.0 Å². The van der Waals surface area contributed by atoms with Crippen LogP contribution in [0.2, 0.25) is 0 Å². The van der Waals surface area contributed by atoms with Gasteiger partial charge in [-0.25, -0.2) is 4.39 Å². The lowest BCUT2D eigenvalue weighted by atomic mass is 10.1. The topological polar surface area (TPSA) is 111 Å². The molecule has 0 bridgehead atoms. The third kappa shape index (κ3) is 3.75. The predicted molar refractivity (Wildman–Crippen MR) is 75.9 cm³/mol. The van der Waals surface area contributed by atoms with E-state index in [0.717, 1.165) is 6.07 Å². The van der Waals surface area contributed by atoms with Gasteiger partial charge in [0.15, 0.2) is 0 Å². The fourth-order valence-corrected chi connectivity index (χ4v) is 1.70. The number of rotatable bonds is 4. The highest BCUT2D eigenvalue weighted by Gasteiger charge is 2.11. The highest BCUT2D eigenvalue weighted by Crippen LogP contribution is 2.14. The van der Waals surface area contributed by atoms with E-state index in [2.05, 4.69) is 10.3 Å². The van der Waals surface area contributed by atoms with E-state index < -0.39 is 11.7 Å². The minimum absolute atomic E-state index is 0.0313. The third-order valence-corrected chi connectivity index (χ3v) is 2.70. The summed E-state index contributed by atoms with van der Waals surface area (Å²) in [4.78, 5) is 26.9. The smallest absolute Gasteiger partial charge is 0.251 e. The van der Waals surface area contributed by atoms with Crippen molar-refractivity contribution in [3.05, 3.63) is 53.6 Å². The van der Waals surface area contributed by atoms with Crippen LogP contribution in [0.1, 0.15) is 16.1 Å². The number of hydrogen-bond donors (Lipinski definition) is 3. The highest BCUT2D eigenvalue weighted by atomic mass is 19.1. The molecule has 1 aromatic heterocycles. The minimum Gasteiger partial charge on any atom is -0.397 e. The first-order chi connectivity index (χ1) is 9.95. The second-order valence-corrected chi connectivity index (χ2v) is 4.37. The number of anilines is 2. The molecule has 2 aromatic rings. The fraction of sp³-hybridized carbons (Fsp3) is 0.0714. The molecule has 2 amide bonds. The van der Waals surface area contributed by atoms with Gasteiger partial charge in [0.2, 0.25) is 5.91 Å². The molecule has 0 aliphatic rings. The molecule has 21 heavy (non-hydrogen) atoms. The lowest BCUT2D eigenvalue weighted by molar-refractivity contribution is -0.115. The molecule has 0 saturated carbocycles.